The average Bonchev–Trinajstić information content (AvgIpc) is 3.12. The summed E-state index contributed by atoms with van der Waals surface area (Å²) in [6.45, 7) is 10.2. The first kappa shape index (κ1) is 22.5. The van der Waals surface area contributed by atoms with E-state index in [1.54, 1.807) is 0 Å². The number of carbonyl (C=O) groups excluding carboxylic acids is 2. The number of nitrogens with one attached hydrogen (secondary N) is 2. The van der Waals surface area contributed by atoms with Crippen LogP contribution in [0.2, 0.25) is 0 Å². The molecule has 7 heteroatoms. The average molecular weight is 422 g/mol. The summed E-state index contributed by atoms with van der Waals surface area (Å²) in [4.78, 5) is 29.1. The van der Waals surface area contributed by atoms with Gasteiger partial charge in [-0.2, -0.15) is 5.10 Å². The third-order valence-corrected chi connectivity index (χ3v) is 5.63. The van der Waals surface area contributed by atoms with Crippen molar-refractivity contribution in [1.29, 1.82) is 0 Å². The number of hydrogen-bond acceptors (Lipinski definition) is 4. The van der Waals surface area contributed by atoms with Crippen LogP contribution in [0.4, 0.5) is 5.69 Å². The Morgan fingerprint density at radius 3 is 2.68 bits per heavy atom. The van der Waals surface area contributed by atoms with Crippen LogP contribution < -0.4 is 10.6 Å². The molecule has 0 aliphatic rings. The number of aryl methyl sites for hydroxylation is 3. The molecule has 31 heavy (non-hydrogen) atoms. The molecule has 164 valence electrons. The Balaban J connectivity index is 1.57. The highest BCUT2D eigenvalue weighted by molar-refractivity contribution is 5.92. The second-order valence-electron chi connectivity index (χ2n) is 8.09. The van der Waals surface area contributed by atoms with Crippen LogP contribution in [0.1, 0.15) is 54.9 Å². The summed E-state index contributed by atoms with van der Waals surface area (Å²) in [5.74, 6) is -0.0494. The largest absolute Gasteiger partial charge is 0.352 e. The Kier molecular flexibility index (Phi) is 7.05. The van der Waals surface area contributed by atoms with Crippen LogP contribution in [0.25, 0.3) is 5.65 Å². The van der Waals surface area contributed by atoms with E-state index in [4.69, 9.17) is 0 Å². The van der Waals surface area contributed by atoms with Crippen molar-refractivity contribution in [2.75, 3.05) is 5.32 Å². The van der Waals surface area contributed by atoms with Gasteiger partial charge in [0, 0.05) is 42.0 Å². The number of nitrogens with zero attached hydrogens (tertiary/aromatic N) is 3. The molecule has 3 aromatic rings. The maximum absolute atomic E-state index is 12.4. The molecule has 1 atom stereocenters. The summed E-state index contributed by atoms with van der Waals surface area (Å²) >= 11 is 0. The van der Waals surface area contributed by atoms with Gasteiger partial charge in [-0.3, -0.25) is 9.59 Å². The van der Waals surface area contributed by atoms with Gasteiger partial charge in [-0.15, -0.1) is 0 Å². The molecule has 2 aromatic heterocycles. The number of fused-ring (bicyclic) bond motifs is 1. The molecule has 1 aromatic carbocycles. The number of benzene rings is 1. The number of aromatic nitrogens is 3. The van der Waals surface area contributed by atoms with E-state index in [9.17, 15) is 9.59 Å². The molecule has 0 saturated carbocycles. The fourth-order valence-electron chi connectivity index (χ4n) is 3.54. The second-order valence-corrected chi connectivity index (χ2v) is 8.09. The standard InChI is InChI=1S/C24H31N5O2/c1-6-15(2)24(31)27-20-9-7-8-19(13-20)14-25-23(30)11-10-21-17(4)26-22-12-16(3)28-29(22)18(21)5/h7-9,12-13,15H,6,10-11,14H2,1-5H3,(H,25,30)(H,27,31). The van der Waals surface area contributed by atoms with Gasteiger partial charge >= 0.3 is 0 Å². The second kappa shape index (κ2) is 9.73. The number of hydrogen-bond donors (Lipinski definition) is 2. The first-order chi connectivity index (χ1) is 14.8. The van der Waals surface area contributed by atoms with Gasteiger partial charge in [-0.25, -0.2) is 9.50 Å². The fraction of sp³-hybridized carbons (Fsp3) is 0.417. The Hall–Kier alpha value is -3.22. The zero-order chi connectivity index (χ0) is 22.5. The van der Waals surface area contributed by atoms with E-state index in [1.165, 1.54) is 0 Å². The van der Waals surface area contributed by atoms with E-state index in [2.05, 4.69) is 20.7 Å². The van der Waals surface area contributed by atoms with E-state index in [0.717, 1.165) is 46.0 Å². The molecule has 0 radical (unpaired) electrons. The third-order valence-electron chi connectivity index (χ3n) is 5.63. The van der Waals surface area contributed by atoms with E-state index < -0.39 is 0 Å². The molecular formula is C24H31N5O2. The Bertz CT molecular complexity index is 1100. The molecule has 0 bridgehead atoms. The molecule has 7 nitrogen and oxygen atoms in total. The molecule has 1 unspecified atom stereocenters. The van der Waals surface area contributed by atoms with Crippen LogP contribution in [0.3, 0.4) is 0 Å². The van der Waals surface area contributed by atoms with E-state index in [0.29, 0.717) is 19.4 Å². The highest BCUT2D eigenvalue weighted by atomic mass is 16.2. The molecule has 2 amide bonds. The first-order valence-corrected chi connectivity index (χ1v) is 10.8. The minimum Gasteiger partial charge on any atom is -0.352 e. The normalized spacial score (nSPS) is 12.0. The predicted molar refractivity (Wildman–Crippen MR) is 122 cm³/mol. The lowest BCUT2D eigenvalue weighted by atomic mass is 10.1. The molecule has 0 aliphatic carbocycles. The van der Waals surface area contributed by atoms with E-state index in [1.807, 2.05) is 69.5 Å². The number of rotatable bonds is 8. The number of amides is 2. The highest BCUT2D eigenvalue weighted by Crippen LogP contribution is 2.17. The van der Waals surface area contributed by atoms with Crippen LogP contribution in [0.5, 0.6) is 0 Å². The van der Waals surface area contributed by atoms with Gasteiger partial charge in [0.05, 0.1) is 5.69 Å². The van der Waals surface area contributed by atoms with Gasteiger partial charge in [-0.1, -0.05) is 26.0 Å². The van der Waals surface area contributed by atoms with Crippen molar-refractivity contribution in [3.05, 3.63) is 58.5 Å². The molecule has 3 rings (SSSR count). The summed E-state index contributed by atoms with van der Waals surface area (Å²) < 4.78 is 1.84. The van der Waals surface area contributed by atoms with Crippen molar-refractivity contribution in [2.45, 2.75) is 60.4 Å². The Morgan fingerprint density at radius 2 is 1.94 bits per heavy atom. The molecule has 2 N–H and O–H groups in total. The third kappa shape index (κ3) is 5.48. The molecular weight excluding hydrogens is 390 g/mol. The van der Waals surface area contributed by atoms with Crippen LogP contribution >= 0.6 is 0 Å². The SMILES string of the molecule is CCC(C)C(=O)Nc1cccc(CNC(=O)CCc2c(C)nc3cc(C)nn3c2C)c1. The molecule has 0 fully saturated rings. The minimum absolute atomic E-state index is 0.00683. The highest BCUT2D eigenvalue weighted by Gasteiger charge is 2.13. The van der Waals surface area contributed by atoms with Crippen molar-refractivity contribution in [1.82, 2.24) is 19.9 Å². The quantitative estimate of drug-likeness (QED) is 0.578. The van der Waals surface area contributed by atoms with Crippen molar-refractivity contribution in [2.24, 2.45) is 5.92 Å². The Labute approximate surface area is 183 Å². The van der Waals surface area contributed by atoms with Crippen LogP contribution in [-0.4, -0.2) is 26.4 Å². The zero-order valence-electron chi connectivity index (χ0n) is 19.0. The lowest BCUT2D eigenvalue weighted by Gasteiger charge is -2.12. The number of anilines is 1. The summed E-state index contributed by atoms with van der Waals surface area (Å²) in [7, 11) is 0. The topological polar surface area (TPSA) is 88.4 Å². The lowest BCUT2D eigenvalue weighted by molar-refractivity contribution is -0.121. The summed E-state index contributed by atoms with van der Waals surface area (Å²) in [5.41, 5.74) is 6.46. The van der Waals surface area contributed by atoms with Gasteiger partial charge in [0.2, 0.25) is 11.8 Å². The molecule has 0 spiro atoms. The molecule has 0 saturated heterocycles. The summed E-state index contributed by atoms with van der Waals surface area (Å²) in [5, 5.41) is 10.4. The maximum Gasteiger partial charge on any atom is 0.227 e. The van der Waals surface area contributed by atoms with Gasteiger partial charge in [0.25, 0.3) is 0 Å². The van der Waals surface area contributed by atoms with Crippen molar-refractivity contribution >= 4 is 23.1 Å². The van der Waals surface area contributed by atoms with Crippen molar-refractivity contribution in [3.63, 3.8) is 0 Å². The Morgan fingerprint density at radius 1 is 1.16 bits per heavy atom. The monoisotopic (exact) mass is 421 g/mol. The maximum atomic E-state index is 12.4. The summed E-state index contributed by atoms with van der Waals surface area (Å²) in [6, 6.07) is 9.53. The van der Waals surface area contributed by atoms with Gasteiger partial charge in [0.15, 0.2) is 5.65 Å². The van der Waals surface area contributed by atoms with Gasteiger partial charge in [-0.05, 0) is 56.9 Å². The van der Waals surface area contributed by atoms with Gasteiger partial charge < -0.3 is 10.6 Å². The molecule has 2 heterocycles. The van der Waals surface area contributed by atoms with Crippen LogP contribution in [0, 0.1) is 26.7 Å². The van der Waals surface area contributed by atoms with Crippen LogP contribution in [0.15, 0.2) is 30.3 Å². The smallest absolute Gasteiger partial charge is 0.227 e. The van der Waals surface area contributed by atoms with Crippen molar-refractivity contribution in [3.8, 4) is 0 Å². The van der Waals surface area contributed by atoms with E-state index >= 15 is 0 Å². The van der Waals surface area contributed by atoms with Gasteiger partial charge in [0.1, 0.15) is 0 Å². The fourth-order valence-corrected chi connectivity index (χ4v) is 3.54. The first-order valence-electron chi connectivity index (χ1n) is 10.8. The van der Waals surface area contributed by atoms with E-state index in [-0.39, 0.29) is 17.7 Å². The van der Waals surface area contributed by atoms with Crippen LogP contribution in [-0.2, 0) is 22.6 Å². The number of carbonyl (C=O) groups is 2. The zero-order valence-corrected chi connectivity index (χ0v) is 19.0. The minimum atomic E-state index is -0.0327. The predicted octanol–water partition coefficient (Wildman–Crippen LogP) is 3.89. The molecule has 0 aliphatic heterocycles. The summed E-state index contributed by atoms with van der Waals surface area (Å²) in [6.07, 6.45) is 1.78. The van der Waals surface area contributed by atoms with Crippen molar-refractivity contribution < 1.29 is 9.59 Å². The lowest BCUT2D eigenvalue weighted by Crippen LogP contribution is -2.24.